The van der Waals surface area contributed by atoms with Gasteiger partial charge in [0.1, 0.15) is 11.6 Å². The number of nitrogen functional groups attached to an aromatic ring is 1. The highest BCUT2D eigenvalue weighted by Gasteiger charge is 2.23. The molecule has 0 spiro atoms. The van der Waals surface area contributed by atoms with Crippen LogP contribution in [0.4, 0.5) is 20.3 Å². The number of nitrogens with two attached hydrogens (primary N) is 1. The molecular weight excluding hydrogens is 412 g/mol. The second-order valence-electron chi connectivity index (χ2n) is 8.04. The van der Waals surface area contributed by atoms with Gasteiger partial charge in [-0.3, -0.25) is 4.79 Å². The molecule has 6 nitrogen and oxygen atoms in total. The highest BCUT2D eigenvalue weighted by Crippen LogP contribution is 2.34. The molecule has 0 aliphatic carbocycles. The zero-order chi connectivity index (χ0) is 22.2. The molecule has 0 saturated carbocycles. The van der Waals surface area contributed by atoms with Gasteiger partial charge in [0.05, 0.1) is 5.56 Å². The van der Waals surface area contributed by atoms with E-state index in [2.05, 4.69) is 20.5 Å². The standard InChI is InChI=1S/C24H23F2N5O/c25-20-12-16(11-15-5-6-29-24(32)21(15)20)19-13-18(22(26)30-23(19)27)14-1-3-17(4-2-14)31-9-7-28-8-10-31/h1-4,11-13,28H,5-10H2,(H2,27,30)(H,29,32). The smallest absolute Gasteiger partial charge is 0.254 e. The Morgan fingerprint density at radius 2 is 1.69 bits per heavy atom. The van der Waals surface area contributed by atoms with Gasteiger partial charge >= 0.3 is 0 Å². The Hall–Kier alpha value is -3.52. The fourth-order valence-corrected chi connectivity index (χ4v) is 4.38. The number of aromatic nitrogens is 1. The van der Waals surface area contributed by atoms with E-state index in [1.165, 1.54) is 6.07 Å². The van der Waals surface area contributed by atoms with Gasteiger partial charge in [-0.1, -0.05) is 12.1 Å². The van der Waals surface area contributed by atoms with Crippen molar-refractivity contribution in [1.29, 1.82) is 0 Å². The molecule has 0 bridgehead atoms. The van der Waals surface area contributed by atoms with Crippen LogP contribution in [0.3, 0.4) is 0 Å². The summed E-state index contributed by atoms with van der Waals surface area (Å²) in [4.78, 5) is 18.2. The summed E-state index contributed by atoms with van der Waals surface area (Å²) in [6.07, 6.45) is 0.515. The number of halogens is 2. The van der Waals surface area contributed by atoms with Crippen molar-refractivity contribution in [3.05, 3.63) is 65.4 Å². The number of carbonyl (C=O) groups excluding carboxylic acids is 1. The van der Waals surface area contributed by atoms with Gasteiger partial charge in [0.25, 0.3) is 5.91 Å². The molecule has 3 heterocycles. The van der Waals surface area contributed by atoms with Crippen molar-refractivity contribution in [2.45, 2.75) is 6.42 Å². The third kappa shape index (κ3) is 3.67. The molecule has 3 aromatic rings. The Balaban J connectivity index is 1.53. The summed E-state index contributed by atoms with van der Waals surface area (Å²) in [7, 11) is 0. The number of pyridine rings is 1. The maximum absolute atomic E-state index is 14.8. The Morgan fingerprint density at radius 3 is 2.44 bits per heavy atom. The van der Waals surface area contributed by atoms with Crippen LogP contribution in [0.1, 0.15) is 15.9 Å². The van der Waals surface area contributed by atoms with E-state index in [1.54, 1.807) is 12.1 Å². The number of rotatable bonds is 3. The number of nitrogens with zero attached hydrogens (tertiary/aromatic N) is 2. The lowest BCUT2D eigenvalue weighted by Gasteiger charge is -2.29. The summed E-state index contributed by atoms with van der Waals surface area (Å²) in [6.45, 7) is 4.14. The minimum atomic E-state index is -0.681. The summed E-state index contributed by atoms with van der Waals surface area (Å²) >= 11 is 0. The van der Waals surface area contributed by atoms with Crippen molar-refractivity contribution in [1.82, 2.24) is 15.6 Å². The van der Waals surface area contributed by atoms with E-state index in [9.17, 15) is 13.6 Å². The van der Waals surface area contributed by atoms with Crippen LogP contribution in [-0.4, -0.2) is 43.6 Å². The monoisotopic (exact) mass is 435 g/mol. The van der Waals surface area contributed by atoms with Crippen LogP contribution in [0, 0.1) is 11.8 Å². The van der Waals surface area contributed by atoms with Gasteiger partial charge in [-0.25, -0.2) is 9.37 Å². The molecule has 5 rings (SSSR count). The minimum absolute atomic E-state index is 0.0247. The van der Waals surface area contributed by atoms with E-state index < -0.39 is 17.7 Å². The van der Waals surface area contributed by atoms with E-state index in [4.69, 9.17) is 5.73 Å². The fraction of sp³-hybridized carbons (Fsp3) is 0.250. The van der Waals surface area contributed by atoms with E-state index in [1.807, 2.05) is 24.3 Å². The van der Waals surface area contributed by atoms with Gasteiger partial charge in [0.2, 0.25) is 5.95 Å². The number of carbonyl (C=O) groups is 1. The average Bonchev–Trinajstić information content (AvgIpc) is 2.80. The Morgan fingerprint density at radius 1 is 0.938 bits per heavy atom. The predicted molar refractivity (Wildman–Crippen MR) is 121 cm³/mol. The zero-order valence-corrected chi connectivity index (χ0v) is 17.4. The number of nitrogens with one attached hydrogen (secondary N) is 2. The summed E-state index contributed by atoms with van der Waals surface area (Å²) in [5, 5.41) is 5.96. The fourth-order valence-electron chi connectivity index (χ4n) is 4.38. The van der Waals surface area contributed by atoms with E-state index in [-0.39, 0.29) is 16.9 Å². The van der Waals surface area contributed by atoms with Crippen LogP contribution in [0.5, 0.6) is 0 Å². The van der Waals surface area contributed by atoms with Crippen LogP contribution in [0.15, 0.2) is 42.5 Å². The van der Waals surface area contributed by atoms with Gasteiger partial charge in [0.15, 0.2) is 0 Å². The zero-order valence-electron chi connectivity index (χ0n) is 17.4. The Bertz CT molecular complexity index is 1190. The van der Waals surface area contributed by atoms with E-state index in [0.717, 1.165) is 31.9 Å². The molecule has 0 radical (unpaired) electrons. The lowest BCUT2D eigenvalue weighted by atomic mass is 9.93. The van der Waals surface area contributed by atoms with Gasteiger partial charge in [-0.15, -0.1) is 0 Å². The topological polar surface area (TPSA) is 83.3 Å². The first-order valence-corrected chi connectivity index (χ1v) is 10.6. The quantitative estimate of drug-likeness (QED) is 0.551. The SMILES string of the molecule is Nc1nc(F)c(-c2ccc(N3CCNCC3)cc2)cc1-c1cc(F)c2c(c1)CCNC2=O. The number of hydrogen-bond acceptors (Lipinski definition) is 5. The first kappa shape index (κ1) is 20.4. The molecule has 2 aromatic carbocycles. The van der Waals surface area contributed by atoms with Crippen molar-refractivity contribution >= 4 is 17.4 Å². The maximum Gasteiger partial charge on any atom is 0.254 e. The molecule has 32 heavy (non-hydrogen) atoms. The lowest BCUT2D eigenvalue weighted by Crippen LogP contribution is -2.43. The number of anilines is 2. The molecule has 1 fully saturated rings. The third-order valence-corrected chi connectivity index (χ3v) is 6.06. The first-order chi connectivity index (χ1) is 15.5. The van der Waals surface area contributed by atoms with Crippen molar-refractivity contribution in [2.75, 3.05) is 43.4 Å². The first-order valence-electron chi connectivity index (χ1n) is 10.6. The number of piperazine rings is 1. The molecule has 4 N–H and O–H groups in total. The van der Waals surface area contributed by atoms with Crippen LogP contribution in [-0.2, 0) is 6.42 Å². The summed E-state index contributed by atoms with van der Waals surface area (Å²) in [6, 6.07) is 12.2. The molecule has 164 valence electrons. The number of fused-ring (bicyclic) bond motifs is 1. The molecule has 0 unspecified atom stereocenters. The van der Waals surface area contributed by atoms with Crippen LogP contribution < -0.4 is 21.3 Å². The summed E-state index contributed by atoms with van der Waals surface area (Å²) in [5.74, 6) is -1.76. The second kappa shape index (κ2) is 8.20. The molecule has 0 atom stereocenters. The highest BCUT2D eigenvalue weighted by molar-refractivity contribution is 5.98. The molecule has 1 saturated heterocycles. The lowest BCUT2D eigenvalue weighted by molar-refractivity contribution is 0.0941. The third-order valence-electron chi connectivity index (χ3n) is 6.06. The number of benzene rings is 2. The maximum atomic E-state index is 14.8. The van der Waals surface area contributed by atoms with Crippen LogP contribution >= 0.6 is 0 Å². The van der Waals surface area contributed by atoms with Crippen LogP contribution in [0.25, 0.3) is 22.3 Å². The second-order valence-corrected chi connectivity index (χ2v) is 8.04. The predicted octanol–water partition coefficient (Wildman–Crippen LogP) is 2.97. The van der Waals surface area contributed by atoms with Crippen LogP contribution in [0.2, 0.25) is 0 Å². The minimum Gasteiger partial charge on any atom is -0.383 e. The summed E-state index contributed by atoms with van der Waals surface area (Å²) < 4.78 is 29.5. The largest absolute Gasteiger partial charge is 0.383 e. The molecular formula is C24H23F2N5O. The van der Waals surface area contributed by atoms with Gasteiger partial charge in [0, 0.05) is 49.5 Å². The van der Waals surface area contributed by atoms with Crippen molar-refractivity contribution in [2.24, 2.45) is 0 Å². The van der Waals surface area contributed by atoms with E-state index in [0.29, 0.717) is 35.2 Å². The average molecular weight is 435 g/mol. The van der Waals surface area contributed by atoms with Crippen molar-refractivity contribution in [3.63, 3.8) is 0 Å². The Kier molecular flexibility index (Phi) is 5.22. The van der Waals surface area contributed by atoms with Gasteiger partial charge in [-0.2, -0.15) is 4.39 Å². The van der Waals surface area contributed by atoms with Crippen molar-refractivity contribution in [3.8, 4) is 22.3 Å². The number of amides is 1. The normalized spacial score (nSPS) is 15.9. The number of hydrogen-bond donors (Lipinski definition) is 3. The van der Waals surface area contributed by atoms with Gasteiger partial charge in [-0.05, 0) is 53.4 Å². The molecule has 2 aliphatic rings. The molecule has 1 aromatic heterocycles. The Labute approximate surface area is 184 Å². The highest BCUT2D eigenvalue weighted by atomic mass is 19.1. The van der Waals surface area contributed by atoms with Gasteiger partial charge < -0.3 is 21.3 Å². The summed E-state index contributed by atoms with van der Waals surface area (Å²) in [5.41, 5.74) is 9.60. The molecule has 1 amide bonds. The molecule has 2 aliphatic heterocycles. The van der Waals surface area contributed by atoms with E-state index >= 15 is 0 Å². The molecule has 8 heteroatoms. The van der Waals surface area contributed by atoms with Crippen molar-refractivity contribution < 1.29 is 13.6 Å².